The molecule has 5 nitrogen and oxygen atoms in total. The molecule has 1 fully saturated rings. The van der Waals surface area contributed by atoms with Crippen molar-refractivity contribution < 1.29 is 9.59 Å². The van der Waals surface area contributed by atoms with Gasteiger partial charge in [-0.15, -0.1) is 0 Å². The van der Waals surface area contributed by atoms with Crippen LogP contribution in [0.15, 0.2) is 0 Å². The van der Waals surface area contributed by atoms with Crippen LogP contribution in [-0.4, -0.2) is 31.4 Å². The van der Waals surface area contributed by atoms with Gasteiger partial charge in [-0.05, 0) is 24.7 Å². The van der Waals surface area contributed by atoms with Gasteiger partial charge in [0.2, 0.25) is 11.8 Å². The van der Waals surface area contributed by atoms with E-state index < -0.39 is 0 Å². The highest BCUT2D eigenvalue weighted by Gasteiger charge is 2.18. The van der Waals surface area contributed by atoms with Gasteiger partial charge in [-0.3, -0.25) is 9.59 Å². The molecule has 5 heteroatoms. The molecule has 0 radical (unpaired) electrons. The topological polar surface area (TPSA) is 84.2 Å². The molecular weight excluding hydrogens is 230 g/mol. The Morgan fingerprint density at radius 1 is 1.22 bits per heavy atom. The van der Waals surface area contributed by atoms with Crippen LogP contribution in [0.2, 0.25) is 0 Å². The molecule has 4 N–H and O–H groups in total. The maximum atomic E-state index is 11.4. The van der Waals surface area contributed by atoms with Crippen molar-refractivity contribution in [1.29, 1.82) is 0 Å². The Morgan fingerprint density at radius 2 is 2.00 bits per heavy atom. The molecule has 0 heterocycles. The van der Waals surface area contributed by atoms with Gasteiger partial charge in [-0.2, -0.15) is 0 Å². The van der Waals surface area contributed by atoms with E-state index in [0.717, 1.165) is 18.3 Å². The minimum absolute atomic E-state index is 0.0249. The number of rotatable bonds is 6. The zero-order valence-corrected chi connectivity index (χ0v) is 11.2. The van der Waals surface area contributed by atoms with E-state index in [2.05, 4.69) is 17.6 Å². The van der Waals surface area contributed by atoms with Crippen molar-refractivity contribution in [2.75, 3.05) is 19.6 Å². The van der Waals surface area contributed by atoms with Gasteiger partial charge in [0.15, 0.2) is 0 Å². The summed E-state index contributed by atoms with van der Waals surface area (Å²) in [5.74, 6) is 1.13. The summed E-state index contributed by atoms with van der Waals surface area (Å²) < 4.78 is 0. The highest BCUT2D eigenvalue weighted by molar-refractivity contribution is 5.85. The number of nitrogens with two attached hydrogens (primary N) is 1. The molecular formula is C13H25N3O2. The fraction of sp³-hybridized carbons (Fsp3) is 0.846. The van der Waals surface area contributed by atoms with Crippen LogP contribution in [-0.2, 0) is 9.59 Å². The van der Waals surface area contributed by atoms with Crippen molar-refractivity contribution in [3.05, 3.63) is 0 Å². The van der Waals surface area contributed by atoms with Gasteiger partial charge in [0.1, 0.15) is 0 Å². The van der Waals surface area contributed by atoms with E-state index >= 15 is 0 Å². The molecule has 104 valence electrons. The Hall–Kier alpha value is -1.10. The smallest absolute Gasteiger partial charge is 0.239 e. The molecule has 0 aromatic heterocycles. The largest absolute Gasteiger partial charge is 0.355 e. The number of carbonyl (C=O) groups excluding carboxylic acids is 2. The molecule has 2 unspecified atom stereocenters. The lowest BCUT2D eigenvalue weighted by Gasteiger charge is -2.26. The lowest BCUT2D eigenvalue weighted by Crippen LogP contribution is -2.40. The Kier molecular flexibility index (Phi) is 6.72. The first-order valence-electron chi connectivity index (χ1n) is 6.85. The summed E-state index contributed by atoms with van der Waals surface area (Å²) in [6, 6.07) is 0. The second-order valence-corrected chi connectivity index (χ2v) is 5.26. The summed E-state index contributed by atoms with van der Waals surface area (Å²) in [5, 5.41) is 5.28. The first-order valence-corrected chi connectivity index (χ1v) is 6.85. The average Bonchev–Trinajstić information content (AvgIpc) is 2.36. The Labute approximate surface area is 109 Å². The third kappa shape index (κ3) is 6.00. The van der Waals surface area contributed by atoms with Crippen molar-refractivity contribution in [3.8, 4) is 0 Å². The molecule has 0 aromatic rings. The zero-order chi connectivity index (χ0) is 13.4. The summed E-state index contributed by atoms with van der Waals surface area (Å²) in [6.45, 7) is 2.95. The van der Waals surface area contributed by atoms with Gasteiger partial charge in [0.25, 0.3) is 0 Å². The molecule has 0 saturated heterocycles. The fourth-order valence-electron chi connectivity index (χ4n) is 2.55. The minimum Gasteiger partial charge on any atom is -0.355 e. The second kappa shape index (κ2) is 8.08. The van der Waals surface area contributed by atoms with Gasteiger partial charge in [-0.1, -0.05) is 26.2 Å². The second-order valence-electron chi connectivity index (χ2n) is 5.26. The first-order chi connectivity index (χ1) is 8.61. The van der Waals surface area contributed by atoms with Gasteiger partial charge in [0, 0.05) is 6.54 Å². The maximum absolute atomic E-state index is 11.4. The van der Waals surface area contributed by atoms with Crippen LogP contribution in [0.5, 0.6) is 0 Å². The molecule has 1 aliphatic carbocycles. The number of hydrogen-bond donors (Lipinski definition) is 3. The van der Waals surface area contributed by atoms with Crippen LogP contribution in [0.3, 0.4) is 0 Å². The van der Waals surface area contributed by atoms with E-state index in [0.29, 0.717) is 6.54 Å². The normalized spacial score (nSPS) is 23.4. The van der Waals surface area contributed by atoms with E-state index in [1.165, 1.54) is 25.7 Å². The molecule has 2 amide bonds. The minimum atomic E-state index is -0.300. The number of nitrogens with one attached hydrogen (secondary N) is 2. The highest BCUT2D eigenvalue weighted by Crippen LogP contribution is 2.30. The van der Waals surface area contributed by atoms with Crippen molar-refractivity contribution in [2.45, 2.75) is 39.0 Å². The SMILES string of the molecule is CC1CCCC(CCNC(=O)CNC(=O)CN)C1. The van der Waals surface area contributed by atoms with Gasteiger partial charge >= 0.3 is 0 Å². The van der Waals surface area contributed by atoms with Gasteiger partial charge in [0.05, 0.1) is 13.1 Å². The highest BCUT2D eigenvalue weighted by atomic mass is 16.2. The van der Waals surface area contributed by atoms with Gasteiger partial charge < -0.3 is 16.4 Å². The lowest BCUT2D eigenvalue weighted by molar-refractivity contribution is -0.125. The van der Waals surface area contributed by atoms with Crippen LogP contribution in [0.25, 0.3) is 0 Å². The Morgan fingerprint density at radius 3 is 2.67 bits per heavy atom. The predicted molar refractivity (Wildman–Crippen MR) is 70.8 cm³/mol. The Balaban J connectivity index is 2.06. The lowest BCUT2D eigenvalue weighted by atomic mass is 9.81. The van der Waals surface area contributed by atoms with E-state index in [9.17, 15) is 9.59 Å². The molecule has 0 bridgehead atoms. The fourth-order valence-corrected chi connectivity index (χ4v) is 2.55. The molecule has 1 rings (SSSR count). The van der Waals surface area contributed by atoms with Crippen LogP contribution in [0, 0.1) is 11.8 Å². The van der Waals surface area contributed by atoms with E-state index in [4.69, 9.17) is 5.73 Å². The van der Waals surface area contributed by atoms with Crippen LogP contribution in [0.1, 0.15) is 39.0 Å². The molecule has 1 saturated carbocycles. The predicted octanol–water partition coefficient (Wildman–Crippen LogP) is 0.394. The number of carbonyl (C=O) groups is 2. The third-order valence-corrected chi connectivity index (χ3v) is 3.55. The van der Waals surface area contributed by atoms with Crippen LogP contribution >= 0.6 is 0 Å². The van der Waals surface area contributed by atoms with Crippen molar-refractivity contribution >= 4 is 11.8 Å². The van der Waals surface area contributed by atoms with Crippen molar-refractivity contribution in [3.63, 3.8) is 0 Å². The quantitative estimate of drug-likeness (QED) is 0.642. The summed E-state index contributed by atoms with van der Waals surface area (Å²) in [7, 11) is 0. The van der Waals surface area contributed by atoms with E-state index in [1.807, 2.05) is 0 Å². The molecule has 0 aliphatic heterocycles. The molecule has 2 atom stereocenters. The Bertz CT molecular complexity index is 281. The zero-order valence-electron chi connectivity index (χ0n) is 11.2. The maximum Gasteiger partial charge on any atom is 0.239 e. The van der Waals surface area contributed by atoms with Gasteiger partial charge in [-0.25, -0.2) is 0 Å². The number of hydrogen-bond acceptors (Lipinski definition) is 3. The summed E-state index contributed by atoms with van der Waals surface area (Å²) >= 11 is 0. The molecule has 0 aromatic carbocycles. The summed E-state index contributed by atoms with van der Waals surface area (Å²) in [6.07, 6.45) is 6.26. The molecule has 18 heavy (non-hydrogen) atoms. The van der Waals surface area contributed by atoms with Crippen molar-refractivity contribution in [1.82, 2.24) is 10.6 Å². The van der Waals surface area contributed by atoms with E-state index in [-0.39, 0.29) is 24.9 Å². The summed E-state index contributed by atoms with van der Waals surface area (Å²) in [4.78, 5) is 22.3. The third-order valence-electron chi connectivity index (χ3n) is 3.55. The molecule has 1 aliphatic rings. The van der Waals surface area contributed by atoms with E-state index in [1.54, 1.807) is 0 Å². The van der Waals surface area contributed by atoms with Crippen molar-refractivity contribution in [2.24, 2.45) is 17.6 Å². The average molecular weight is 255 g/mol. The number of amides is 2. The molecule has 0 spiro atoms. The first kappa shape index (κ1) is 15.0. The van der Waals surface area contributed by atoms with Crippen LogP contribution in [0.4, 0.5) is 0 Å². The monoisotopic (exact) mass is 255 g/mol. The standard InChI is InChI=1S/C13H25N3O2/c1-10-3-2-4-11(7-10)5-6-15-13(18)9-16-12(17)8-14/h10-11H,2-9,14H2,1H3,(H,15,18)(H,16,17). The van der Waals surface area contributed by atoms with Crippen LogP contribution < -0.4 is 16.4 Å². The summed E-state index contributed by atoms with van der Waals surface area (Å²) in [5.41, 5.74) is 5.13.